The maximum atomic E-state index is 6.04. The lowest BCUT2D eigenvalue weighted by Crippen LogP contribution is -2.45. The van der Waals surface area contributed by atoms with Crippen LogP contribution < -0.4 is 5.73 Å². The van der Waals surface area contributed by atoms with E-state index in [1.165, 1.54) is 15.6 Å². The fourth-order valence-electron chi connectivity index (χ4n) is 2.39. The van der Waals surface area contributed by atoms with Crippen LogP contribution in [0.4, 0.5) is 0 Å². The minimum absolute atomic E-state index is 0. The van der Waals surface area contributed by atoms with Gasteiger partial charge in [-0.1, -0.05) is 35.0 Å². The third kappa shape index (κ3) is 3.95. The number of nitrogens with zero attached hydrogens (tertiary/aromatic N) is 1. The van der Waals surface area contributed by atoms with Crippen molar-refractivity contribution < 1.29 is 0 Å². The zero-order valence-electron chi connectivity index (χ0n) is 11.0. The highest BCUT2D eigenvalue weighted by Gasteiger charge is 2.22. The number of halogens is 2. The van der Waals surface area contributed by atoms with Crippen LogP contribution in [-0.2, 0) is 6.54 Å². The average Bonchev–Trinajstić information content (AvgIpc) is 2.29. The van der Waals surface area contributed by atoms with E-state index in [2.05, 4.69) is 52.9 Å². The van der Waals surface area contributed by atoms with Crippen molar-refractivity contribution in [3.63, 3.8) is 0 Å². The van der Waals surface area contributed by atoms with Gasteiger partial charge in [0.25, 0.3) is 0 Å². The molecule has 0 amide bonds. The molecule has 2 atom stereocenters. The molecule has 1 aromatic rings. The van der Waals surface area contributed by atoms with Crippen LogP contribution in [0.15, 0.2) is 22.7 Å². The number of piperidine rings is 1. The molecule has 1 fully saturated rings. The SMILES string of the molecule is Cc1ccc(CN2CCC(N)C(C)C2)cc1Br.Cl. The van der Waals surface area contributed by atoms with E-state index in [0.717, 1.165) is 26.1 Å². The minimum Gasteiger partial charge on any atom is -0.327 e. The number of likely N-dealkylation sites (tertiary alicyclic amines) is 1. The Labute approximate surface area is 124 Å². The summed E-state index contributed by atoms with van der Waals surface area (Å²) in [6.45, 7) is 7.65. The molecule has 0 radical (unpaired) electrons. The third-order valence-corrected chi connectivity index (χ3v) is 4.55. The Balaban J connectivity index is 0.00000162. The predicted molar refractivity (Wildman–Crippen MR) is 83.2 cm³/mol. The Hall–Kier alpha value is -0.0900. The lowest BCUT2D eigenvalue weighted by molar-refractivity contribution is 0.158. The summed E-state index contributed by atoms with van der Waals surface area (Å²) in [6, 6.07) is 7.02. The van der Waals surface area contributed by atoms with Crippen LogP contribution in [0.3, 0.4) is 0 Å². The first kappa shape index (κ1) is 16.0. The van der Waals surface area contributed by atoms with Crippen molar-refractivity contribution >= 4 is 28.3 Å². The van der Waals surface area contributed by atoms with E-state index in [0.29, 0.717) is 12.0 Å². The lowest BCUT2D eigenvalue weighted by Gasteiger charge is -2.35. The highest BCUT2D eigenvalue weighted by atomic mass is 79.9. The summed E-state index contributed by atoms with van der Waals surface area (Å²) in [5.41, 5.74) is 8.72. The van der Waals surface area contributed by atoms with Gasteiger partial charge in [0.05, 0.1) is 0 Å². The van der Waals surface area contributed by atoms with E-state index in [4.69, 9.17) is 5.73 Å². The van der Waals surface area contributed by atoms with Crippen LogP contribution >= 0.6 is 28.3 Å². The van der Waals surface area contributed by atoms with Crippen molar-refractivity contribution in [3.05, 3.63) is 33.8 Å². The molecular formula is C14H22BrClN2. The summed E-state index contributed by atoms with van der Waals surface area (Å²) in [5.74, 6) is 0.609. The van der Waals surface area contributed by atoms with Crippen molar-refractivity contribution in [2.75, 3.05) is 13.1 Å². The van der Waals surface area contributed by atoms with E-state index in [9.17, 15) is 0 Å². The van der Waals surface area contributed by atoms with Gasteiger partial charge in [-0.2, -0.15) is 0 Å². The van der Waals surface area contributed by atoms with Crippen LogP contribution in [-0.4, -0.2) is 24.0 Å². The second-order valence-corrected chi connectivity index (χ2v) is 6.10. The molecule has 0 spiro atoms. The number of benzene rings is 1. The van der Waals surface area contributed by atoms with E-state index in [1.807, 2.05) is 0 Å². The second-order valence-electron chi connectivity index (χ2n) is 5.25. The van der Waals surface area contributed by atoms with Gasteiger partial charge in [0.2, 0.25) is 0 Å². The predicted octanol–water partition coefficient (Wildman–Crippen LogP) is 3.35. The summed E-state index contributed by atoms with van der Waals surface area (Å²) in [4.78, 5) is 2.51. The Morgan fingerprint density at radius 2 is 2.17 bits per heavy atom. The van der Waals surface area contributed by atoms with Gasteiger partial charge in [-0.3, -0.25) is 4.90 Å². The molecule has 2 unspecified atom stereocenters. The maximum Gasteiger partial charge on any atom is 0.0234 e. The number of hydrogen-bond acceptors (Lipinski definition) is 2. The van der Waals surface area contributed by atoms with Crippen LogP contribution in [0, 0.1) is 12.8 Å². The average molecular weight is 334 g/mol. The largest absolute Gasteiger partial charge is 0.327 e. The van der Waals surface area contributed by atoms with Gasteiger partial charge in [0, 0.05) is 23.6 Å². The van der Waals surface area contributed by atoms with Gasteiger partial charge in [0.1, 0.15) is 0 Å². The Kier molecular flexibility index (Phi) is 6.12. The topological polar surface area (TPSA) is 29.3 Å². The first-order valence-corrected chi connectivity index (χ1v) is 7.08. The van der Waals surface area contributed by atoms with Gasteiger partial charge in [-0.05, 0) is 43.0 Å². The molecule has 2 rings (SSSR count). The monoisotopic (exact) mass is 332 g/mol. The van der Waals surface area contributed by atoms with Crippen molar-refractivity contribution in [2.45, 2.75) is 32.9 Å². The van der Waals surface area contributed by atoms with Crippen molar-refractivity contribution in [1.82, 2.24) is 4.90 Å². The zero-order chi connectivity index (χ0) is 12.4. The fraction of sp³-hybridized carbons (Fsp3) is 0.571. The molecular weight excluding hydrogens is 312 g/mol. The van der Waals surface area contributed by atoms with Crippen molar-refractivity contribution in [2.24, 2.45) is 11.7 Å². The van der Waals surface area contributed by atoms with Crippen molar-refractivity contribution in [3.8, 4) is 0 Å². The van der Waals surface area contributed by atoms with Crippen molar-refractivity contribution in [1.29, 1.82) is 0 Å². The summed E-state index contributed by atoms with van der Waals surface area (Å²) in [7, 11) is 0. The van der Waals surface area contributed by atoms with E-state index >= 15 is 0 Å². The number of nitrogens with two attached hydrogens (primary N) is 1. The molecule has 1 heterocycles. The fourth-order valence-corrected chi connectivity index (χ4v) is 2.81. The Morgan fingerprint density at radius 3 is 2.78 bits per heavy atom. The van der Waals surface area contributed by atoms with Gasteiger partial charge in [0.15, 0.2) is 0 Å². The Bertz CT molecular complexity index is 397. The highest BCUT2D eigenvalue weighted by molar-refractivity contribution is 9.10. The number of aryl methyl sites for hydroxylation is 1. The highest BCUT2D eigenvalue weighted by Crippen LogP contribution is 2.21. The smallest absolute Gasteiger partial charge is 0.0234 e. The van der Waals surface area contributed by atoms with Gasteiger partial charge < -0.3 is 5.73 Å². The van der Waals surface area contributed by atoms with Gasteiger partial charge in [-0.25, -0.2) is 0 Å². The zero-order valence-corrected chi connectivity index (χ0v) is 13.4. The molecule has 0 bridgehead atoms. The molecule has 1 aliphatic heterocycles. The van der Waals surface area contributed by atoms with Gasteiger partial charge >= 0.3 is 0 Å². The summed E-state index contributed by atoms with van der Waals surface area (Å²) < 4.78 is 1.21. The third-order valence-electron chi connectivity index (χ3n) is 3.70. The molecule has 4 heteroatoms. The van der Waals surface area contributed by atoms with Crippen LogP contribution in [0.25, 0.3) is 0 Å². The molecule has 0 aromatic heterocycles. The quantitative estimate of drug-likeness (QED) is 0.899. The van der Waals surface area contributed by atoms with Crippen LogP contribution in [0.2, 0.25) is 0 Å². The number of hydrogen-bond donors (Lipinski definition) is 1. The molecule has 2 N–H and O–H groups in total. The maximum absolute atomic E-state index is 6.04. The molecule has 1 aliphatic rings. The molecule has 1 saturated heterocycles. The summed E-state index contributed by atoms with van der Waals surface area (Å²) >= 11 is 3.59. The summed E-state index contributed by atoms with van der Waals surface area (Å²) in [5, 5.41) is 0. The standard InChI is InChI=1S/C14H21BrN2.ClH/c1-10-3-4-12(7-13(10)15)9-17-6-5-14(16)11(2)8-17;/h3-4,7,11,14H,5-6,8-9,16H2,1-2H3;1H. The molecule has 102 valence electrons. The molecule has 18 heavy (non-hydrogen) atoms. The molecule has 0 saturated carbocycles. The minimum atomic E-state index is 0. The first-order valence-electron chi connectivity index (χ1n) is 6.29. The summed E-state index contributed by atoms with van der Waals surface area (Å²) in [6.07, 6.45) is 1.12. The van der Waals surface area contributed by atoms with E-state index in [1.54, 1.807) is 0 Å². The van der Waals surface area contributed by atoms with Gasteiger partial charge in [-0.15, -0.1) is 12.4 Å². The Morgan fingerprint density at radius 1 is 1.44 bits per heavy atom. The molecule has 2 nitrogen and oxygen atoms in total. The van der Waals surface area contributed by atoms with E-state index in [-0.39, 0.29) is 12.4 Å². The van der Waals surface area contributed by atoms with Crippen LogP contribution in [0.1, 0.15) is 24.5 Å². The van der Waals surface area contributed by atoms with E-state index < -0.39 is 0 Å². The molecule has 0 aliphatic carbocycles. The second kappa shape index (κ2) is 6.90. The lowest BCUT2D eigenvalue weighted by atomic mass is 9.94. The van der Waals surface area contributed by atoms with Crippen LogP contribution in [0.5, 0.6) is 0 Å². The normalized spacial score (nSPS) is 24.7. The molecule has 1 aromatic carbocycles. The first-order chi connectivity index (χ1) is 8.06. The number of rotatable bonds is 2.